The Morgan fingerprint density at radius 1 is 1.11 bits per heavy atom. The van der Waals surface area contributed by atoms with Gasteiger partial charge in [-0.3, -0.25) is 9.59 Å². The Labute approximate surface area is 207 Å². The van der Waals surface area contributed by atoms with Crippen LogP contribution in [0, 0.1) is 0 Å². The molecule has 0 unspecified atom stereocenters. The number of likely N-dealkylation sites (tertiary alicyclic amines) is 1. The average molecular weight is 483 g/mol. The molecular weight excluding hydrogens is 444 g/mol. The van der Waals surface area contributed by atoms with Crippen LogP contribution in [-0.2, 0) is 4.79 Å². The van der Waals surface area contributed by atoms with Crippen molar-refractivity contribution in [2.75, 3.05) is 20.1 Å². The lowest BCUT2D eigenvalue weighted by molar-refractivity contribution is -0.117. The van der Waals surface area contributed by atoms with Crippen molar-refractivity contribution in [2.45, 2.75) is 47.0 Å². The van der Waals surface area contributed by atoms with Gasteiger partial charge in [-0.15, -0.1) is 0 Å². The van der Waals surface area contributed by atoms with E-state index in [4.69, 9.17) is 11.5 Å². The molecule has 1 fully saturated rings. The summed E-state index contributed by atoms with van der Waals surface area (Å²) < 4.78 is 0. The van der Waals surface area contributed by atoms with Gasteiger partial charge in [0.1, 0.15) is 0 Å². The van der Waals surface area contributed by atoms with Crippen molar-refractivity contribution in [3.05, 3.63) is 59.7 Å². The summed E-state index contributed by atoms with van der Waals surface area (Å²) in [5.74, 6) is 0.865. The molecule has 1 aliphatic rings. The number of benzene rings is 1. The zero-order valence-corrected chi connectivity index (χ0v) is 21.3. The summed E-state index contributed by atoms with van der Waals surface area (Å²) >= 11 is 0. The van der Waals surface area contributed by atoms with Gasteiger partial charge in [-0.05, 0) is 57.4 Å². The summed E-state index contributed by atoms with van der Waals surface area (Å²) in [6, 6.07) is 6.66. The first-order valence-electron chi connectivity index (χ1n) is 11.8. The highest BCUT2D eigenvalue weighted by Crippen LogP contribution is 2.15. The van der Waals surface area contributed by atoms with Crippen LogP contribution in [0.15, 0.2) is 58.3 Å². The number of guanidine groups is 1. The lowest BCUT2D eigenvalue weighted by atomic mass is 10.1. The number of amidine groups is 1. The van der Waals surface area contributed by atoms with Crippen molar-refractivity contribution in [3.8, 4) is 0 Å². The molecule has 2 aromatic rings. The summed E-state index contributed by atoms with van der Waals surface area (Å²) in [7, 11) is 1.62. The summed E-state index contributed by atoms with van der Waals surface area (Å²) in [6.45, 7) is 9.41. The van der Waals surface area contributed by atoms with E-state index in [1.165, 1.54) is 6.42 Å². The van der Waals surface area contributed by atoms with Crippen LogP contribution in [0.2, 0.25) is 0 Å². The van der Waals surface area contributed by atoms with Crippen molar-refractivity contribution < 1.29 is 9.59 Å². The van der Waals surface area contributed by atoms with Crippen molar-refractivity contribution in [1.82, 2.24) is 20.2 Å². The maximum absolute atomic E-state index is 11.2. The van der Waals surface area contributed by atoms with Crippen molar-refractivity contribution in [2.24, 2.45) is 21.5 Å². The molecule has 0 radical (unpaired) electrons. The highest BCUT2D eigenvalue weighted by atomic mass is 16.1. The molecule has 10 nitrogen and oxygen atoms in total. The topological polar surface area (TPSA) is 155 Å². The Kier molecular flexibility index (Phi) is 13.1. The van der Waals surface area contributed by atoms with Gasteiger partial charge in [0.15, 0.2) is 17.6 Å². The first-order valence-corrected chi connectivity index (χ1v) is 11.8. The molecule has 0 spiro atoms. The molecule has 190 valence electrons. The fourth-order valence-electron chi connectivity index (χ4n) is 2.97. The third kappa shape index (κ3) is 9.83. The van der Waals surface area contributed by atoms with E-state index in [2.05, 4.69) is 30.2 Å². The molecule has 0 aliphatic carbocycles. The van der Waals surface area contributed by atoms with Crippen LogP contribution < -0.4 is 16.8 Å². The second kappa shape index (κ2) is 15.8. The number of carbonyl (C=O) groups is 2. The van der Waals surface area contributed by atoms with E-state index in [9.17, 15) is 9.59 Å². The van der Waals surface area contributed by atoms with Crippen LogP contribution in [0.4, 0.5) is 5.69 Å². The maximum atomic E-state index is 11.2. The Bertz CT molecular complexity index is 1000. The van der Waals surface area contributed by atoms with Crippen LogP contribution in [-0.4, -0.2) is 58.6 Å². The zero-order chi connectivity index (χ0) is 26.2. The van der Waals surface area contributed by atoms with Crippen LogP contribution in [0.3, 0.4) is 0 Å². The minimum atomic E-state index is -0.478. The molecule has 3 rings (SSSR count). The standard InChI is InChI=1S/C17H21N7O.C6H11NO.C2H6/c18-14(25)12-4-6-13(7-5-12)22-16(15-20-8-9-21-15)23-17(19)24-10-2-1-3-11-24;1-4-5(2)6(8)7-3;1-2/h4-9H,1-3,10-11H2,(H2,18,25)(H,20,21)(H2,19,22,23);4H,1-3H3,(H,7,8);1-2H3/b;5-4+;. The van der Waals surface area contributed by atoms with Crippen molar-refractivity contribution in [3.63, 3.8) is 0 Å². The number of amides is 2. The predicted octanol–water partition coefficient (Wildman–Crippen LogP) is 3.11. The third-order valence-corrected chi connectivity index (χ3v) is 5.02. The summed E-state index contributed by atoms with van der Waals surface area (Å²) in [4.78, 5) is 40.0. The fraction of sp³-hybridized carbons (Fsp3) is 0.400. The van der Waals surface area contributed by atoms with Gasteiger partial charge in [0.2, 0.25) is 11.8 Å². The number of imidazole rings is 1. The molecule has 1 aliphatic heterocycles. The maximum Gasteiger partial charge on any atom is 0.248 e. The number of nitrogens with one attached hydrogen (secondary N) is 2. The predicted molar refractivity (Wildman–Crippen MR) is 142 cm³/mol. The number of allylic oxidation sites excluding steroid dienone is 1. The first-order chi connectivity index (χ1) is 16.8. The van der Waals surface area contributed by atoms with Gasteiger partial charge in [0.25, 0.3) is 0 Å². The number of nitrogens with two attached hydrogens (primary N) is 2. The largest absolute Gasteiger partial charge is 0.369 e. The second-order valence-corrected chi connectivity index (χ2v) is 7.35. The number of aliphatic imine (C=N–C) groups is 2. The van der Waals surface area contributed by atoms with Crippen LogP contribution in [0.25, 0.3) is 0 Å². The van der Waals surface area contributed by atoms with Gasteiger partial charge in [0.05, 0.1) is 5.69 Å². The molecule has 2 heterocycles. The highest BCUT2D eigenvalue weighted by Gasteiger charge is 2.14. The van der Waals surface area contributed by atoms with E-state index >= 15 is 0 Å². The Morgan fingerprint density at radius 3 is 2.20 bits per heavy atom. The van der Waals surface area contributed by atoms with E-state index in [0.717, 1.165) is 31.5 Å². The fourth-order valence-corrected chi connectivity index (χ4v) is 2.97. The third-order valence-electron chi connectivity index (χ3n) is 5.02. The van der Waals surface area contributed by atoms with E-state index in [0.29, 0.717) is 28.9 Å². The molecule has 1 aromatic carbocycles. The summed E-state index contributed by atoms with van der Waals surface area (Å²) in [6.07, 6.45) is 8.55. The number of likely N-dealkylation sites (N-methyl/N-ethyl adjacent to an activating group) is 1. The first kappa shape index (κ1) is 29.1. The molecule has 10 heteroatoms. The lowest BCUT2D eigenvalue weighted by Crippen LogP contribution is -2.41. The number of aromatic nitrogens is 2. The molecule has 0 atom stereocenters. The summed E-state index contributed by atoms with van der Waals surface area (Å²) in [5.41, 5.74) is 13.2. The van der Waals surface area contributed by atoms with Crippen LogP contribution in [0.1, 0.15) is 63.1 Å². The average Bonchev–Trinajstić information content (AvgIpc) is 3.45. The van der Waals surface area contributed by atoms with Gasteiger partial charge < -0.3 is 26.7 Å². The molecular formula is C25H38N8O2. The van der Waals surface area contributed by atoms with Crippen LogP contribution in [0.5, 0.6) is 0 Å². The van der Waals surface area contributed by atoms with E-state index in [1.807, 2.05) is 20.8 Å². The monoisotopic (exact) mass is 482 g/mol. The number of nitrogens with zero attached hydrogens (tertiary/aromatic N) is 4. The minimum Gasteiger partial charge on any atom is -0.369 e. The molecule has 1 saturated heterocycles. The second-order valence-electron chi connectivity index (χ2n) is 7.35. The number of H-pyrrole nitrogens is 1. The summed E-state index contributed by atoms with van der Waals surface area (Å²) in [5, 5.41) is 2.51. The lowest BCUT2D eigenvalue weighted by Gasteiger charge is -2.27. The quantitative estimate of drug-likeness (QED) is 0.299. The Balaban J connectivity index is 0.000000523. The van der Waals surface area contributed by atoms with Gasteiger partial charge >= 0.3 is 0 Å². The minimum absolute atomic E-state index is 0.00694. The number of primary amides is 1. The van der Waals surface area contributed by atoms with Gasteiger partial charge in [0, 0.05) is 43.7 Å². The SMILES string of the molecule is C/C=C(\C)C(=O)NC.CC.NC(=O)c1ccc(N=C(N=C(N)N2CCCCC2)c2ncc[nH]2)cc1. The number of carbonyl (C=O) groups excluding carboxylic acids is 2. The normalized spacial score (nSPS) is 14.2. The van der Waals surface area contributed by atoms with Gasteiger partial charge in [-0.25, -0.2) is 9.98 Å². The van der Waals surface area contributed by atoms with E-state index < -0.39 is 5.91 Å². The number of hydrogen-bond donors (Lipinski definition) is 4. The number of hydrogen-bond acceptors (Lipinski definition) is 4. The van der Waals surface area contributed by atoms with Gasteiger partial charge in [-0.1, -0.05) is 19.9 Å². The van der Waals surface area contributed by atoms with Crippen molar-refractivity contribution in [1.29, 1.82) is 0 Å². The Morgan fingerprint density at radius 2 is 1.74 bits per heavy atom. The van der Waals surface area contributed by atoms with E-state index in [-0.39, 0.29) is 5.91 Å². The number of rotatable bonds is 4. The van der Waals surface area contributed by atoms with Crippen molar-refractivity contribution >= 4 is 29.3 Å². The number of piperidine rings is 1. The molecule has 6 N–H and O–H groups in total. The molecule has 35 heavy (non-hydrogen) atoms. The molecule has 1 aromatic heterocycles. The molecule has 0 bridgehead atoms. The molecule has 0 saturated carbocycles. The Hall–Kier alpha value is -3.95. The smallest absolute Gasteiger partial charge is 0.248 e. The number of aromatic amines is 1. The van der Waals surface area contributed by atoms with Gasteiger partial charge in [-0.2, -0.15) is 4.99 Å². The highest BCUT2D eigenvalue weighted by molar-refractivity contribution is 6.04. The zero-order valence-electron chi connectivity index (χ0n) is 21.3. The molecule has 2 amide bonds. The van der Waals surface area contributed by atoms with Crippen LogP contribution >= 0.6 is 0 Å². The van der Waals surface area contributed by atoms with E-state index in [1.54, 1.807) is 56.7 Å².